The fraction of sp³-hybridized carbons (Fsp3) is 0.467. The van der Waals surface area contributed by atoms with E-state index in [1.54, 1.807) is 6.07 Å². The Hall–Kier alpha value is -2.06. The van der Waals surface area contributed by atoms with Gasteiger partial charge in [0.1, 0.15) is 5.82 Å². The monoisotopic (exact) mass is 331 g/mol. The molecule has 4 N–H and O–H groups in total. The molecule has 8 heteroatoms. The van der Waals surface area contributed by atoms with Crippen molar-refractivity contribution in [2.45, 2.75) is 38.3 Å². The zero-order valence-corrected chi connectivity index (χ0v) is 12.3. The van der Waals surface area contributed by atoms with Crippen LogP contribution in [-0.2, 0) is 20.9 Å². The van der Waals surface area contributed by atoms with Gasteiger partial charge in [0.15, 0.2) is 6.30 Å². The number of benzene rings is 1. The van der Waals surface area contributed by atoms with Crippen molar-refractivity contribution in [2.75, 3.05) is 0 Å². The van der Waals surface area contributed by atoms with Crippen molar-refractivity contribution in [1.82, 2.24) is 0 Å². The summed E-state index contributed by atoms with van der Waals surface area (Å²) in [6, 6.07) is 5.55. The largest absolute Gasteiger partial charge is 0.481 e. The number of aliphatic carboxylic acids is 2. The summed E-state index contributed by atoms with van der Waals surface area (Å²) < 4.78 is 31.8. The van der Waals surface area contributed by atoms with Gasteiger partial charge in [-0.25, -0.2) is 8.78 Å². The lowest BCUT2D eigenvalue weighted by Gasteiger charge is -2.23. The average Bonchev–Trinajstić information content (AvgIpc) is 2.43. The summed E-state index contributed by atoms with van der Waals surface area (Å²) in [5.74, 6) is -3.93. The minimum absolute atomic E-state index is 0.0724. The molecule has 0 spiro atoms. The fourth-order valence-corrected chi connectivity index (χ4v) is 2.13. The van der Waals surface area contributed by atoms with E-state index in [9.17, 15) is 18.4 Å². The van der Waals surface area contributed by atoms with Gasteiger partial charge in [-0.1, -0.05) is 12.1 Å². The van der Waals surface area contributed by atoms with E-state index >= 15 is 0 Å². The minimum Gasteiger partial charge on any atom is -0.481 e. The van der Waals surface area contributed by atoms with E-state index in [0.29, 0.717) is 5.56 Å². The van der Waals surface area contributed by atoms with Crippen molar-refractivity contribution >= 4 is 11.9 Å². The second-order valence-corrected chi connectivity index (χ2v) is 5.20. The zero-order chi connectivity index (χ0) is 17.4. The third kappa shape index (κ3) is 7.66. The van der Waals surface area contributed by atoms with Crippen LogP contribution in [0.2, 0.25) is 0 Å². The van der Waals surface area contributed by atoms with Gasteiger partial charge in [-0.3, -0.25) is 9.59 Å². The topological polar surface area (TPSA) is 110 Å². The molecule has 1 aromatic carbocycles. The molecule has 0 aromatic heterocycles. The quantitative estimate of drug-likeness (QED) is 0.565. The Balaban J connectivity index is 2.70. The lowest BCUT2D eigenvalue weighted by Crippen LogP contribution is -2.32. The van der Waals surface area contributed by atoms with Crippen LogP contribution in [0.15, 0.2) is 24.3 Å². The third-order valence-corrected chi connectivity index (χ3v) is 3.23. The SMILES string of the molecule is NC(F)C(CC(=O)O)C[C@H](CC(=O)O)OCc1cccc(F)c1. The second kappa shape index (κ2) is 9.16. The molecule has 0 saturated heterocycles. The molecule has 2 unspecified atom stereocenters. The Morgan fingerprint density at radius 3 is 2.39 bits per heavy atom. The third-order valence-electron chi connectivity index (χ3n) is 3.23. The maximum Gasteiger partial charge on any atom is 0.305 e. The Labute approximate surface area is 131 Å². The van der Waals surface area contributed by atoms with Crippen molar-refractivity contribution in [3.05, 3.63) is 35.6 Å². The van der Waals surface area contributed by atoms with Crippen molar-refractivity contribution in [2.24, 2.45) is 11.7 Å². The number of hydrogen-bond donors (Lipinski definition) is 3. The maximum atomic E-state index is 13.3. The van der Waals surface area contributed by atoms with Gasteiger partial charge < -0.3 is 20.7 Å². The highest BCUT2D eigenvalue weighted by Crippen LogP contribution is 2.21. The molecular weight excluding hydrogens is 312 g/mol. The number of carbonyl (C=O) groups is 2. The van der Waals surface area contributed by atoms with Gasteiger partial charge in [-0.05, 0) is 24.1 Å². The van der Waals surface area contributed by atoms with Gasteiger partial charge in [0.2, 0.25) is 0 Å². The van der Waals surface area contributed by atoms with Crippen LogP contribution in [0.5, 0.6) is 0 Å². The smallest absolute Gasteiger partial charge is 0.305 e. The molecule has 23 heavy (non-hydrogen) atoms. The first kappa shape index (κ1) is 19.0. The highest BCUT2D eigenvalue weighted by Gasteiger charge is 2.26. The van der Waals surface area contributed by atoms with E-state index in [2.05, 4.69) is 0 Å². The van der Waals surface area contributed by atoms with Gasteiger partial charge in [0, 0.05) is 5.92 Å². The summed E-state index contributed by atoms with van der Waals surface area (Å²) >= 11 is 0. The summed E-state index contributed by atoms with van der Waals surface area (Å²) in [5.41, 5.74) is 5.59. The fourth-order valence-electron chi connectivity index (χ4n) is 2.13. The van der Waals surface area contributed by atoms with Crippen LogP contribution in [0, 0.1) is 11.7 Å². The van der Waals surface area contributed by atoms with Crippen LogP contribution in [0.1, 0.15) is 24.8 Å². The zero-order valence-electron chi connectivity index (χ0n) is 12.3. The molecule has 0 heterocycles. The number of carboxylic acid groups (broad SMARTS) is 2. The number of ether oxygens (including phenoxy) is 1. The van der Waals surface area contributed by atoms with E-state index in [-0.39, 0.29) is 13.0 Å². The van der Waals surface area contributed by atoms with Gasteiger partial charge in [0.25, 0.3) is 0 Å². The first-order chi connectivity index (χ1) is 10.8. The van der Waals surface area contributed by atoms with Gasteiger partial charge in [0.05, 0.1) is 25.6 Å². The number of halogens is 2. The van der Waals surface area contributed by atoms with Crippen LogP contribution in [0.3, 0.4) is 0 Å². The molecule has 128 valence electrons. The van der Waals surface area contributed by atoms with Crippen LogP contribution in [0.4, 0.5) is 8.78 Å². The lowest BCUT2D eigenvalue weighted by molar-refractivity contribution is -0.141. The summed E-state index contributed by atoms with van der Waals surface area (Å²) in [6.45, 7) is -0.0724. The van der Waals surface area contributed by atoms with Crippen molar-refractivity contribution in [3.8, 4) is 0 Å². The molecule has 0 fully saturated rings. The Morgan fingerprint density at radius 1 is 1.22 bits per heavy atom. The van der Waals surface area contributed by atoms with Crippen molar-refractivity contribution in [3.63, 3.8) is 0 Å². The minimum atomic E-state index is -1.90. The molecule has 1 aromatic rings. The average molecular weight is 331 g/mol. The van der Waals surface area contributed by atoms with Crippen LogP contribution >= 0.6 is 0 Å². The summed E-state index contributed by atoms with van der Waals surface area (Å²) in [6.07, 6.45) is -3.96. The van der Waals surface area contributed by atoms with E-state index in [4.69, 9.17) is 20.7 Å². The summed E-state index contributed by atoms with van der Waals surface area (Å²) in [7, 11) is 0. The van der Waals surface area contributed by atoms with Gasteiger partial charge >= 0.3 is 11.9 Å². The molecule has 3 atom stereocenters. The summed E-state index contributed by atoms with van der Waals surface area (Å²) in [5, 5.41) is 17.6. The molecule has 0 bridgehead atoms. The van der Waals surface area contributed by atoms with Gasteiger partial charge in [-0.15, -0.1) is 0 Å². The molecule has 0 saturated carbocycles. The molecule has 0 aliphatic heterocycles. The Bertz CT molecular complexity index is 538. The molecular formula is C15H19F2NO5. The van der Waals surface area contributed by atoms with E-state index in [0.717, 1.165) is 0 Å². The van der Waals surface area contributed by atoms with Crippen molar-refractivity contribution < 1.29 is 33.3 Å². The molecule has 1 rings (SSSR count). The summed E-state index contributed by atoms with van der Waals surface area (Å²) in [4.78, 5) is 21.6. The van der Waals surface area contributed by atoms with Crippen LogP contribution < -0.4 is 5.73 Å². The van der Waals surface area contributed by atoms with E-state index in [1.165, 1.54) is 18.2 Å². The predicted octanol–water partition coefficient (Wildman–Crippen LogP) is 1.92. The van der Waals surface area contributed by atoms with E-state index in [1.807, 2.05) is 0 Å². The normalized spacial score (nSPS) is 14.9. The first-order valence-electron chi connectivity index (χ1n) is 6.97. The first-order valence-corrected chi connectivity index (χ1v) is 6.97. The molecule has 6 nitrogen and oxygen atoms in total. The van der Waals surface area contributed by atoms with Crippen LogP contribution in [-0.4, -0.2) is 34.6 Å². The maximum absolute atomic E-state index is 13.3. The number of hydrogen-bond acceptors (Lipinski definition) is 4. The van der Waals surface area contributed by atoms with Crippen LogP contribution in [0.25, 0.3) is 0 Å². The predicted molar refractivity (Wildman–Crippen MR) is 76.7 cm³/mol. The molecule has 0 amide bonds. The number of nitrogens with two attached hydrogens (primary N) is 1. The number of rotatable bonds is 10. The van der Waals surface area contributed by atoms with E-state index < -0.39 is 48.9 Å². The lowest BCUT2D eigenvalue weighted by atomic mass is 9.95. The standard InChI is InChI=1S/C15H19F2NO5/c16-11-3-1-2-9(4-11)8-23-12(7-14(21)22)5-10(15(17)18)6-13(19)20/h1-4,10,12,15H,5-8,18H2,(H,19,20)(H,21,22)/t10?,12-,15?/m1/s1. The van der Waals surface area contributed by atoms with Crippen molar-refractivity contribution in [1.29, 1.82) is 0 Å². The Kier molecular flexibility index (Phi) is 7.56. The highest BCUT2D eigenvalue weighted by atomic mass is 19.1. The Morgan fingerprint density at radius 2 is 1.87 bits per heavy atom. The number of carboxylic acids is 2. The highest BCUT2D eigenvalue weighted by molar-refractivity contribution is 5.68. The molecule has 0 radical (unpaired) electrons. The van der Waals surface area contributed by atoms with Gasteiger partial charge in [-0.2, -0.15) is 0 Å². The molecule has 0 aliphatic carbocycles. The molecule has 0 aliphatic rings. The second-order valence-electron chi connectivity index (χ2n) is 5.20. The number of alkyl halides is 1.